The van der Waals surface area contributed by atoms with Crippen LogP contribution in [0.3, 0.4) is 0 Å². The Balaban J connectivity index is 2.47. The smallest absolute Gasteiger partial charge is 0.335 e. The van der Waals surface area contributed by atoms with Crippen LogP contribution in [0.25, 0.3) is 0 Å². The maximum absolute atomic E-state index is 11.0. The first-order valence-electron chi connectivity index (χ1n) is 3.45. The first-order valence-corrected chi connectivity index (χ1v) is 4.09. The number of nitrogens with zero attached hydrogens (tertiary/aromatic N) is 1. The molecule has 0 spiro atoms. The highest BCUT2D eigenvalue weighted by molar-refractivity contribution is 7.80. The van der Waals surface area contributed by atoms with E-state index in [-0.39, 0.29) is 5.75 Å². The maximum Gasteiger partial charge on any atom is 0.350 e. The fourth-order valence-corrected chi connectivity index (χ4v) is 0.775. The molecule has 0 radical (unpaired) electrons. The van der Waals surface area contributed by atoms with E-state index in [1.54, 1.807) is 24.5 Å². The number of hydrogen-bond donors (Lipinski definition) is 2. The lowest BCUT2D eigenvalue weighted by Crippen LogP contribution is -2.38. The van der Waals surface area contributed by atoms with E-state index >= 15 is 0 Å². The Morgan fingerprint density at radius 1 is 1.58 bits per heavy atom. The van der Waals surface area contributed by atoms with Crippen LogP contribution >= 0.6 is 12.6 Å². The van der Waals surface area contributed by atoms with Gasteiger partial charge in [-0.25, -0.2) is 4.79 Å². The molecule has 0 aliphatic carbocycles. The summed E-state index contributed by atoms with van der Waals surface area (Å²) in [5.74, 6) is -0.207. The summed E-state index contributed by atoms with van der Waals surface area (Å²) >= 11 is 3.87. The Bertz CT molecular complexity index is 248. The van der Waals surface area contributed by atoms with Crippen molar-refractivity contribution in [3.05, 3.63) is 24.5 Å². The van der Waals surface area contributed by atoms with Gasteiger partial charge in [0.1, 0.15) is 6.04 Å². The zero-order valence-electron chi connectivity index (χ0n) is 6.38. The van der Waals surface area contributed by atoms with Crippen LogP contribution in [0.1, 0.15) is 0 Å². The summed E-state index contributed by atoms with van der Waals surface area (Å²) < 4.78 is 1.30. The molecule has 2 N–H and O–H groups in total. The van der Waals surface area contributed by atoms with E-state index in [1.807, 2.05) is 0 Å². The molecule has 0 fully saturated rings. The normalized spacial score (nSPS) is 12.5. The van der Waals surface area contributed by atoms with Crippen LogP contribution < -0.4 is 10.6 Å². The fraction of sp³-hybridized carbons (Fsp3) is 0.286. The number of aromatic nitrogens is 1. The van der Waals surface area contributed by atoms with E-state index in [0.717, 1.165) is 0 Å². The zero-order valence-corrected chi connectivity index (χ0v) is 7.28. The van der Waals surface area contributed by atoms with Crippen LogP contribution in [0.5, 0.6) is 0 Å². The van der Waals surface area contributed by atoms with Gasteiger partial charge in [-0.3, -0.25) is 0 Å². The van der Waals surface area contributed by atoms with Gasteiger partial charge in [-0.05, 0) is 12.1 Å². The number of carbonyl (C=O) groups is 1. The molecule has 12 heavy (non-hydrogen) atoms. The Kier molecular flexibility index (Phi) is 3.19. The van der Waals surface area contributed by atoms with Gasteiger partial charge in [0.15, 0.2) is 0 Å². The molecule has 0 bridgehead atoms. The SMILES string of the molecule is N[C@@H](CS)C(=O)On1cccc1. The monoisotopic (exact) mass is 186 g/mol. The van der Waals surface area contributed by atoms with Crippen molar-refractivity contribution in [1.82, 2.24) is 4.73 Å². The predicted molar refractivity (Wildman–Crippen MR) is 47.8 cm³/mol. The summed E-state index contributed by atoms with van der Waals surface area (Å²) in [5, 5.41) is 0. The minimum absolute atomic E-state index is 0.278. The Labute approximate surface area is 75.7 Å². The third kappa shape index (κ3) is 2.28. The molecule has 1 aromatic rings. The van der Waals surface area contributed by atoms with Crippen molar-refractivity contribution in [2.45, 2.75) is 6.04 Å². The first kappa shape index (κ1) is 9.15. The summed E-state index contributed by atoms with van der Waals surface area (Å²) in [5.41, 5.74) is 5.37. The van der Waals surface area contributed by atoms with Crippen LogP contribution in [0.4, 0.5) is 0 Å². The maximum atomic E-state index is 11.0. The van der Waals surface area contributed by atoms with Gasteiger partial charge in [0.2, 0.25) is 0 Å². The molecule has 0 unspecified atom stereocenters. The first-order chi connectivity index (χ1) is 5.74. The Morgan fingerprint density at radius 2 is 2.17 bits per heavy atom. The summed E-state index contributed by atoms with van der Waals surface area (Å²) in [6.45, 7) is 0. The average molecular weight is 186 g/mol. The van der Waals surface area contributed by atoms with Gasteiger partial charge < -0.3 is 10.6 Å². The highest BCUT2D eigenvalue weighted by atomic mass is 32.1. The molecule has 0 saturated carbocycles. The topological polar surface area (TPSA) is 57.3 Å². The predicted octanol–water partition coefficient (Wildman–Crippen LogP) is -0.300. The molecular formula is C7H10N2O2S. The second kappa shape index (κ2) is 4.18. The Morgan fingerprint density at radius 3 is 2.67 bits per heavy atom. The minimum atomic E-state index is -0.671. The third-order valence-electron chi connectivity index (χ3n) is 1.27. The average Bonchev–Trinajstić information content (AvgIpc) is 2.55. The van der Waals surface area contributed by atoms with Gasteiger partial charge in [-0.1, -0.05) is 0 Å². The molecule has 5 heteroatoms. The van der Waals surface area contributed by atoms with E-state index in [1.165, 1.54) is 4.73 Å². The molecule has 1 aromatic heterocycles. The molecule has 1 atom stereocenters. The van der Waals surface area contributed by atoms with Crippen LogP contribution in [0, 0.1) is 0 Å². The summed E-state index contributed by atoms with van der Waals surface area (Å²) in [4.78, 5) is 15.8. The van der Waals surface area contributed by atoms with Crippen molar-refractivity contribution in [1.29, 1.82) is 0 Å². The van der Waals surface area contributed by atoms with Crippen molar-refractivity contribution >= 4 is 18.6 Å². The molecule has 66 valence electrons. The summed E-state index contributed by atoms with van der Waals surface area (Å²) in [7, 11) is 0. The van der Waals surface area contributed by atoms with Crippen molar-refractivity contribution in [2.75, 3.05) is 5.75 Å². The molecule has 0 aliphatic heterocycles. The molecule has 0 aliphatic rings. The molecule has 0 amide bonds. The molecule has 0 aromatic carbocycles. The van der Waals surface area contributed by atoms with Crippen LogP contribution in [-0.4, -0.2) is 22.5 Å². The van der Waals surface area contributed by atoms with Crippen molar-refractivity contribution < 1.29 is 9.63 Å². The number of carbonyl (C=O) groups excluding carboxylic acids is 1. The number of thiol groups is 1. The zero-order chi connectivity index (χ0) is 8.97. The van der Waals surface area contributed by atoms with Gasteiger partial charge in [-0.2, -0.15) is 17.4 Å². The molecule has 1 heterocycles. The fourth-order valence-electron chi connectivity index (χ4n) is 0.626. The van der Waals surface area contributed by atoms with Gasteiger partial charge in [0, 0.05) is 18.1 Å². The van der Waals surface area contributed by atoms with Crippen LogP contribution in [0.15, 0.2) is 24.5 Å². The molecule has 1 rings (SSSR count). The van der Waals surface area contributed by atoms with E-state index in [0.29, 0.717) is 0 Å². The lowest BCUT2D eigenvalue weighted by atomic mass is 10.4. The van der Waals surface area contributed by atoms with Gasteiger partial charge in [0.25, 0.3) is 0 Å². The number of rotatable bonds is 3. The molecule has 0 saturated heterocycles. The van der Waals surface area contributed by atoms with Gasteiger partial charge in [0.05, 0.1) is 0 Å². The van der Waals surface area contributed by atoms with Gasteiger partial charge in [-0.15, -0.1) is 0 Å². The van der Waals surface area contributed by atoms with Gasteiger partial charge >= 0.3 is 5.97 Å². The summed E-state index contributed by atoms with van der Waals surface area (Å²) in [6.07, 6.45) is 3.23. The molecular weight excluding hydrogens is 176 g/mol. The standard InChI is InChI=1S/C7H10N2O2S/c8-6(5-12)7(10)11-9-3-1-2-4-9/h1-4,6,12H,5,8H2/t6-/m0/s1. The third-order valence-corrected chi connectivity index (χ3v) is 1.67. The van der Waals surface area contributed by atoms with Crippen LogP contribution in [0.2, 0.25) is 0 Å². The highest BCUT2D eigenvalue weighted by Crippen LogP contribution is 1.89. The molecule has 4 nitrogen and oxygen atoms in total. The van der Waals surface area contributed by atoms with E-state index < -0.39 is 12.0 Å². The second-order valence-electron chi connectivity index (χ2n) is 2.24. The van der Waals surface area contributed by atoms with Crippen molar-refractivity contribution in [3.63, 3.8) is 0 Å². The summed E-state index contributed by atoms with van der Waals surface area (Å²) in [6, 6.07) is 2.83. The van der Waals surface area contributed by atoms with Crippen LogP contribution in [-0.2, 0) is 4.79 Å². The lowest BCUT2D eigenvalue weighted by molar-refractivity contribution is -0.145. The van der Waals surface area contributed by atoms with E-state index in [2.05, 4.69) is 12.6 Å². The quantitative estimate of drug-likeness (QED) is 0.637. The number of nitrogens with two attached hydrogens (primary N) is 1. The van der Waals surface area contributed by atoms with E-state index in [9.17, 15) is 4.79 Å². The lowest BCUT2D eigenvalue weighted by Gasteiger charge is -2.07. The minimum Gasteiger partial charge on any atom is -0.335 e. The van der Waals surface area contributed by atoms with E-state index in [4.69, 9.17) is 10.6 Å². The van der Waals surface area contributed by atoms with Crippen molar-refractivity contribution in [3.8, 4) is 0 Å². The number of hydrogen-bond acceptors (Lipinski definition) is 4. The Hall–Kier alpha value is -0.940. The van der Waals surface area contributed by atoms with Crippen molar-refractivity contribution in [2.24, 2.45) is 5.73 Å². The largest absolute Gasteiger partial charge is 0.350 e. The second-order valence-corrected chi connectivity index (χ2v) is 2.61. The highest BCUT2D eigenvalue weighted by Gasteiger charge is 2.13.